The van der Waals surface area contributed by atoms with Gasteiger partial charge >= 0.3 is 0 Å². The summed E-state index contributed by atoms with van der Waals surface area (Å²) < 4.78 is 0. The molecule has 1 fully saturated rings. The molecule has 1 aliphatic rings. The van der Waals surface area contributed by atoms with Crippen LogP contribution in [0.2, 0.25) is 0 Å². The van der Waals surface area contributed by atoms with E-state index in [-0.39, 0.29) is 12.1 Å². The molecule has 1 saturated heterocycles. The number of fused-ring (bicyclic) bond motifs is 1. The van der Waals surface area contributed by atoms with Gasteiger partial charge in [0.2, 0.25) is 0 Å². The zero-order valence-electron chi connectivity index (χ0n) is 17.1. The predicted molar refractivity (Wildman–Crippen MR) is 117 cm³/mol. The molecule has 0 aliphatic carbocycles. The number of hydrogen-bond acceptors (Lipinski definition) is 5. The molecule has 0 bridgehead atoms. The van der Waals surface area contributed by atoms with Gasteiger partial charge < -0.3 is 20.2 Å². The number of anilines is 1. The average molecular weight is 393 g/mol. The van der Waals surface area contributed by atoms with E-state index in [1.54, 1.807) is 6.08 Å². The Morgan fingerprint density at radius 2 is 1.90 bits per heavy atom. The third kappa shape index (κ3) is 5.35. The Morgan fingerprint density at radius 3 is 2.59 bits per heavy atom. The largest absolute Gasteiger partial charge is 0.391 e. The molecule has 1 heterocycles. The van der Waals surface area contributed by atoms with Crippen molar-refractivity contribution in [2.24, 2.45) is 0 Å². The summed E-state index contributed by atoms with van der Waals surface area (Å²) in [7, 11) is 2.15. The summed E-state index contributed by atoms with van der Waals surface area (Å²) in [6.07, 6.45) is 1.53. The van der Waals surface area contributed by atoms with E-state index in [0.717, 1.165) is 42.5 Å². The summed E-state index contributed by atoms with van der Waals surface area (Å²) >= 11 is 0. The molecule has 3 rings (SSSR count). The van der Waals surface area contributed by atoms with E-state index in [4.69, 9.17) is 0 Å². The number of amides is 1. The number of nitriles is 1. The Labute approximate surface area is 172 Å². The first-order valence-corrected chi connectivity index (χ1v) is 10.1. The number of nitrogens with one attached hydrogen (secondary N) is 1. The van der Waals surface area contributed by atoms with E-state index in [1.807, 2.05) is 31.2 Å². The van der Waals surface area contributed by atoms with Crippen LogP contribution in [0.5, 0.6) is 0 Å². The molecule has 6 nitrogen and oxygen atoms in total. The van der Waals surface area contributed by atoms with Gasteiger partial charge in [0.1, 0.15) is 11.6 Å². The summed E-state index contributed by atoms with van der Waals surface area (Å²) in [5.41, 5.74) is 2.05. The zero-order valence-corrected chi connectivity index (χ0v) is 17.1. The molecule has 2 aromatic rings. The highest BCUT2D eigenvalue weighted by Crippen LogP contribution is 2.25. The fourth-order valence-electron chi connectivity index (χ4n) is 3.37. The fraction of sp³-hybridized carbons (Fsp3) is 0.391. The van der Waals surface area contributed by atoms with E-state index in [0.29, 0.717) is 6.42 Å². The lowest BCUT2D eigenvalue weighted by Crippen LogP contribution is -2.44. The standard InChI is InChI=1S/C23H28N4O2/c1-3-22(28)16-25-23(29)20(15-24)13-17-4-5-19-14-21(7-6-18(19)12-17)27-10-8-26(2)9-11-27/h4-7,12-14,22,28H,3,8-11,16H2,1-2H3,(H,25,29)/b20-13+. The third-order valence-corrected chi connectivity index (χ3v) is 5.36. The Morgan fingerprint density at radius 1 is 1.21 bits per heavy atom. The maximum Gasteiger partial charge on any atom is 0.262 e. The maximum absolute atomic E-state index is 12.2. The second kappa shape index (κ2) is 9.55. The minimum atomic E-state index is -0.603. The monoisotopic (exact) mass is 392 g/mol. The predicted octanol–water partition coefficient (Wildman–Crippen LogP) is 2.39. The molecule has 0 saturated carbocycles. The van der Waals surface area contributed by atoms with E-state index in [1.165, 1.54) is 5.69 Å². The van der Waals surface area contributed by atoms with Gasteiger partial charge in [-0.2, -0.15) is 5.26 Å². The van der Waals surface area contributed by atoms with Gasteiger partial charge in [-0.25, -0.2) is 0 Å². The number of hydrogen-bond donors (Lipinski definition) is 2. The molecule has 2 aromatic carbocycles. The number of aliphatic hydroxyl groups excluding tert-OH is 1. The minimum Gasteiger partial charge on any atom is -0.391 e. The summed E-state index contributed by atoms with van der Waals surface area (Å²) in [5, 5.41) is 23.7. The lowest BCUT2D eigenvalue weighted by atomic mass is 10.0. The number of nitrogens with zero attached hydrogens (tertiary/aromatic N) is 3. The van der Waals surface area contributed by atoms with Crippen molar-refractivity contribution in [3.8, 4) is 6.07 Å². The van der Waals surface area contributed by atoms with E-state index in [2.05, 4.69) is 40.4 Å². The van der Waals surface area contributed by atoms with Gasteiger partial charge in [0.25, 0.3) is 5.91 Å². The fourth-order valence-corrected chi connectivity index (χ4v) is 3.37. The zero-order chi connectivity index (χ0) is 20.8. The van der Waals surface area contributed by atoms with Gasteiger partial charge in [-0.1, -0.05) is 25.1 Å². The Balaban J connectivity index is 1.76. The molecule has 29 heavy (non-hydrogen) atoms. The third-order valence-electron chi connectivity index (χ3n) is 5.36. The lowest BCUT2D eigenvalue weighted by Gasteiger charge is -2.34. The molecular weight excluding hydrogens is 364 g/mol. The van der Waals surface area contributed by atoms with Gasteiger partial charge in [-0.05, 0) is 54.1 Å². The van der Waals surface area contributed by atoms with Crippen LogP contribution in [0.15, 0.2) is 42.0 Å². The van der Waals surface area contributed by atoms with Crippen molar-refractivity contribution in [2.75, 3.05) is 44.7 Å². The number of piperazine rings is 1. The number of benzene rings is 2. The van der Waals surface area contributed by atoms with Crippen molar-refractivity contribution < 1.29 is 9.90 Å². The number of carbonyl (C=O) groups is 1. The number of carbonyl (C=O) groups excluding carboxylic acids is 1. The van der Waals surface area contributed by atoms with Crippen molar-refractivity contribution >= 4 is 28.4 Å². The van der Waals surface area contributed by atoms with Crippen LogP contribution in [0.25, 0.3) is 16.8 Å². The van der Waals surface area contributed by atoms with Crippen LogP contribution in [0, 0.1) is 11.3 Å². The van der Waals surface area contributed by atoms with Gasteiger partial charge in [-0.15, -0.1) is 0 Å². The van der Waals surface area contributed by atoms with Crippen LogP contribution in [0.4, 0.5) is 5.69 Å². The highest BCUT2D eigenvalue weighted by atomic mass is 16.3. The average Bonchev–Trinajstić information content (AvgIpc) is 2.75. The first kappa shape index (κ1) is 20.8. The summed E-state index contributed by atoms with van der Waals surface area (Å²) in [6.45, 7) is 6.15. The minimum absolute atomic E-state index is 0.0294. The SMILES string of the molecule is CCC(O)CNC(=O)/C(C#N)=C/c1ccc2cc(N3CCN(C)CC3)ccc2c1. The first-order valence-electron chi connectivity index (χ1n) is 10.1. The van der Waals surface area contributed by atoms with Crippen molar-refractivity contribution in [1.29, 1.82) is 5.26 Å². The molecule has 2 N–H and O–H groups in total. The van der Waals surface area contributed by atoms with Crippen LogP contribution in [-0.4, -0.2) is 61.8 Å². The van der Waals surface area contributed by atoms with Crippen molar-refractivity contribution in [2.45, 2.75) is 19.4 Å². The Kier molecular flexibility index (Phi) is 6.86. The van der Waals surface area contributed by atoms with E-state index in [9.17, 15) is 15.2 Å². The summed E-state index contributed by atoms with van der Waals surface area (Å²) in [4.78, 5) is 16.9. The van der Waals surface area contributed by atoms with Crippen LogP contribution < -0.4 is 10.2 Å². The smallest absolute Gasteiger partial charge is 0.262 e. The highest BCUT2D eigenvalue weighted by molar-refractivity contribution is 6.02. The normalized spacial score (nSPS) is 16.5. The molecule has 0 spiro atoms. The summed E-state index contributed by atoms with van der Waals surface area (Å²) in [6, 6.07) is 14.3. The van der Waals surface area contributed by atoms with Crippen LogP contribution in [0.3, 0.4) is 0 Å². The molecular formula is C23H28N4O2. The second-order valence-corrected chi connectivity index (χ2v) is 7.52. The van der Waals surface area contributed by atoms with Crippen LogP contribution in [0.1, 0.15) is 18.9 Å². The second-order valence-electron chi connectivity index (χ2n) is 7.52. The number of rotatable bonds is 6. The quantitative estimate of drug-likeness (QED) is 0.583. The first-order chi connectivity index (χ1) is 14.0. The van der Waals surface area contributed by atoms with Gasteiger partial charge in [0.15, 0.2) is 0 Å². The molecule has 0 radical (unpaired) electrons. The number of aliphatic hydroxyl groups is 1. The molecule has 1 atom stereocenters. The van der Waals surface area contributed by atoms with Crippen molar-refractivity contribution in [3.63, 3.8) is 0 Å². The lowest BCUT2D eigenvalue weighted by molar-refractivity contribution is -0.117. The highest BCUT2D eigenvalue weighted by Gasteiger charge is 2.15. The van der Waals surface area contributed by atoms with E-state index >= 15 is 0 Å². The van der Waals surface area contributed by atoms with Crippen LogP contribution in [-0.2, 0) is 4.79 Å². The molecule has 1 aliphatic heterocycles. The van der Waals surface area contributed by atoms with Crippen molar-refractivity contribution in [3.05, 3.63) is 47.5 Å². The van der Waals surface area contributed by atoms with Gasteiger partial charge in [0, 0.05) is 38.4 Å². The maximum atomic E-state index is 12.2. The summed E-state index contributed by atoms with van der Waals surface area (Å²) in [5.74, 6) is -0.467. The van der Waals surface area contributed by atoms with E-state index < -0.39 is 12.0 Å². The van der Waals surface area contributed by atoms with Crippen molar-refractivity contribution in [1.82, 2.24) is 10.2 Å². The van der Waals surface area contributed by atoms with Gasteiger partial charge in [0.05, 0.1) is 6.10 Å². The number of likely N-dealkylation sites (N-methyl/N-ethyl adjacent to an activating group) is 1. The molecule has 1 unspecified atom stereocenters. The Hall–Kier alpha value is -2.88. The molecule has 1 amide bonds. The molecule has 0 aromatic heterocycles. The van der Waals surface area contributed by atoms with Gasteiger partial charge in [-0.3, -0.25) is 4.79 Å². The molecule has 152 valence electrons. The van der Waals surface area contributed by atoms with Crippen LogP contribution >= 0.6 is 0 Å². The topological polar surface area (TPSA) is 79.6 Å². The Bertz CT molecular complexity index is 940. The molecule has 6 heteroatoms.